The van der Waals surface area contributed by atoms with Crippen LogP contribution in [0, 0.1) is 0 Å². The van der Waals surface area contributed by atoms with E-state index < -0.39 is 6.10 Å². The molecule has 0 bridgehead atoms. The fourth-order valence-electron chi connectivity index (χ4n) is 1.36. The smallest absolute Gasteiger partial charge is 0.0931 e. The number of benzene rings is 1. The van der Waals surface area contributed by atoms with E-state index in [0.29, 0.717) is 5.69 Å². The normalized spacial score (nSPS) is 13.1. The summed E-state index contributed by atoms with van der Waals surface area (Å²) in [4.78, 5) is 4.17. The van der Waals surface area contributed by atoms with Crippen molar-refractivity contribution in [2.45, 2.75) is 13.0 Å². The van der Waals surface area contributed by atoms with Gasteiger partial charge in [0, 0.05) is 16.1 Å². The number of halogens is 1. The molecule has 0 spiro atoms. The lowest BCUT2D eigenvalue weighted by atomic mass is 10.1. The lowest BCUT2D eigenvalue weighted by Gasteiger charge is -2.05. The van der Waals surface area contributed by atoms with Crippen molar-refractivity contribution in [2.75, 3.05) is 0 Å². The zero-order chi connectivity index (χ0) is 10.1. The standard InChI is InChI=1S/C11H10BrNO/c1-7(14)11-5-9-4-10(12)3-2-8(9)6-13-11/h2-7,14H,1H3/t7-/m1/s1. The molecule has 0 aliphatic rings. The molecule has 0 aliphatic carbocycles. The minimum atomic E-state index is -0.515. The Bertz CT molecular complexity index is 468. The summed E-state index contributed by atoms with van der Waals surface area (Å²) in [6, 6.07) is 7.90. The molecule has 2 aromatic rings. The Morgan fingerprint density at radius 1 is 1.29 bits per heavy atom. The van der Waals surface area contributed by atoms with Crippen molar-refractivity contribution in [2.24, 2.45) is 0 Å². The molecule has 1 aromatic heterocycles. The molecule has 0 fully saturated rings. The summed E-state index contributed by atoms with van der Waals surface area (Å²) in [7, 11) is 0. The molecule has 1 atom stereocenters. The van der Waals surface area contributed by atoms with Crippen molar-refractivity contribution in [3.05, 3.63) is 40.6 Å². The van der Waals surface area contributed by atoms with Gasteiger partial charge in [-0.2, -0.15) is 0 Å². The van der Waals surface area contributed by atoms with Crippen LogP contribution in [0.2, 0.25) is 0 Å². The minimum Gasteiger partial charge on any atom is -0.387 e. The van der Waals surface area contributed by atoms with Crippen LogP contribution in [0.1, 0.15) is 18.7 Å². The van der Waals surface area contributed by atoms with E-state index in [1.807, 2.05) is 24.3 Å². The van der Waals surface area contributed by atoms with Crippen molar-refractivity contribution >= 4 is 26.7 Å². The highest BCUT2D eigenvalue weighted by Crippen LogP contribution is 2.21. The zero-order valence-electron chi connectivity index (χ0n) is 7.74. The predicted molar refractivity (Wildman–Crippen MR) is 60.1 cm³/mol. The van der Waals surface area contributed by atoms with E-state index in [1.165, 1.54) is 0 Å². The highest BCUT2D eigenvalue weighted by atomic mass is 79.9. The van der Waals surface area contributed by atoms with Gasteiger partial charge in [-0.25, -0.2) is 0 Å². The Labute approximate surface area is 90.7 Å². The van der Waals surface area contributed by atoms with Gasteiger partial charge in [-0.3, -0.25) is 4.98 Å². The molecule has 1 heterocycles. The molecule has 1 N–H and O–H groups in total. The third-order valence-corrected chi connectivity index (χ3v) is 2.63. The Balaban J connectivity index is 2.63. The first-order valence-electron chi connectivity index (χ1n) is 4.40. The van der Waals surface area contributed by atoms with Crippen molar-refractivity contribution in [1.29, 1.82) is 0 Å². The average molecular weight is 252 g/mol. The van der Waals surface area contributed by atoms with Gasteiger partial charge in [0.1, 0.15) is 0 Å². The van der Waals surface area contributed by atoms with Crippen LogP contribution in [0.3, 0.4) is 0 Å². The quantitative estimate of drug-likeness (QED) is 0.846. The van der Waals surface area contributed by atoms with Gasteiger partial charge in [-0.1, -0.05) is 22.0 Å². The molecular formula is C11H10BrNO. The van der Waals surface area contributed by atoms with Crippen LogP contribution in [0.4, 0.5) is 0 Å². The SMILES string of the molecule is C[C@@H](O)c1cc2cc(Br)ccc2cn1. The third kappa shape index (κ3) is 1.79. The van der Waals surface area contributed by atoms with Gasteiger partial charge in [0.15, 0.2) is 0 Å². The summed E-state index contributed by atoms with van der Waals surface area (Å²) >= 11 is 3.41. The molecule has 0 aliphatic heterocycles. The van der Waals surface area contributed by atoms with Gasteiger partial charge in [-0.15, -0.1) is 0 Å². The summed E-state index contributed by atoms with van der Waals surface area (Å²) in [6.07, 6.45) is 1.27. The molecule has 3 heteroatoms. The number of pyridine rings is 1. The summed E-state index contributed by atoms with van der Waals surface area (Å²) < 4.78 is 1.03. The molecule has 0 saturated heterocycles. The Hall–Kier alpha value is -0.930. The van der Waals surface area contributed by atoms with E-state index in [-0.39, 0.29) is 0 Å². The topological polar surface area (TPSA) is 33.1 Å². The largest absolute Gasteiger partial charge is 0.387 e. The first kappa shape index (κ1) is 9.62. The minimum absolute atomic E-state index is 0.515. The van der Waals surface area contributed by atoms with Crippen LogP contribution in [0.25, 0.3) is 10.8 Å². The zero-order valence-corrected chi connectivity index (χ0v) is 9.32. The highest BCUT2D eigenvalue weighted by molar-refractivity contribution is 9.10. The van der Waals surface area contributed by atoms with E-state index in [1.54, 1.807) is 13.1 Å². The van der Waals surface area contributed by atoms with Crippen molar-refractivity contribution in [3.8, 4) is 0 Å². The highest BCUT2D eigenvalue weighted by Gasteiger charge is 2.03. The molecule has 0 amide bonds. The second-order valence-corrected chi connectivity index (χ2v) is 4.19. The summed E-state index contributed by atoms with van der Waals surface area (Å²) in [6.45, 7) is 1.71. The molecule has 2 nitrogen and oxygen atoms in total. The van der Waals surface area contributed by atoms with Crippen LogP contribution in [0.5, 0.6) is 0 Å². The van der Waals surface area contributed by atoms with Gasteiger partial charge in [-0.05, 0) is 30.5 Å². The molecule has 14 heavy (non-hydrogen) atoms. The summed E-state index contributed by atoms with van der Waals surface area (Å²) in [5.74, 6) is 0. The first-order chi connectivity index (χ1) is 6.66. The molecule has 0 unspecified atom stereocenters. The van der Waals surface area contributed by atoms with Crippen molar-refractivity contribution in [3.63, 3.8) is 0 Å². The monoisotopic (exact) mass is 251 g/mol. The van der Waals surface area contributed by atoms with E-state index in [0.717, 1.165) is 15.2 Å². The Kier molecular flexibility index (Phi) is 2.52. The Morgan fingerprint density at radius 2 is 2.07 bits per heavy atom. The number of fused-ring (bicyclic) bond motifs is 1. The van der Waals surface area contributed by atoms with E-state index in [2.05, 4.69) is 20.9 Å². The number of aromatic nitrogens is 1. The van der Waals surface area contributed by atoms with Gasteiger partial charge in [0.25, 0.3) is 0 Å². The second-order valence-electron chi connectivity index (χ2n) is 3.28. The van der Waals surface area contributed by atoms with Crippen molar-refractivity contribution < 1.29 is 5.11 Å². The summed E-state index contributed by atoms with van der Waals surface area (Å²) in [5.41, 5.74) is 0.704. The lowest BCUT2D eigenvalue weighted by Crippen LogP contribution is -1.94. The molecule has 1 aromatic carbocycles. The molecule has 2 rings (SSSR count). The van der Waals surface area contributed by atoms with Gasteiger partial charge < -0.3 is 5.11 Å². The Morgan fingerprint density at radius 3 is 2.79 bits per heavy atom. The maximum atomic E-state index is 9.38. The molecule has 72 valence electrons. The van der Waals surface area contributed by atoms with Crippen LogP contribution >= 0.6 is 15.9 Å². The van der Waals surface area contributed by atoms with Gasteiger partial charge >= 0.3 is 0 Å². The number of aliphatic hydroxyl groups excluding tert-OH is 1. The number of hydrogen-bond donors (Lipinski definition) is 1. The number of nitrogens with zero attached hydrogens (tertiary/aromatic N) is 1. The lowest BCUT2D eigenvalue weighted by molar-refractivity contribution is 0.194. The molecule has 0 radical (unpaired) electrons. The maximum absolute atomic E-state index is 9.38. The van der Waals surface area contributed by atoms with Crippen LogP contribution in [0.15, 0.2) is 34.9 Å². The van der Waals surface area contributed by atoms with Crippen LogP contribution < -0.4 is 0 Å². The number of rotatable bonds is 1. The molecular weight excluding hydrogens is 242 g/mol. The fraction of sp³-hybridized carbons (Fsp3) is 0.182. The van der Waals surface area contributed by atoms with Crippen LogP contribution in [-0.2, 0) is 0 Å². The average Bonchev–Trinajstić information content (AvgIpc) is 2.16. The van der Waals surface area contributed by atoms with Gasteiger partial charge in [0.2, 0.25) is 0 Å². The van der Waals surface area contributed by atoms with E-state index >= 15 is 0 Å². The van der Waals surface area contributed by atoms with E-state index in [9.17, 15) is 5.11 Å². The van der Waals surface area contributed by atoms with E-state index in [4.69, 9.17) is 0 Å². The van der Waals surface area contributed by atoms with Gasteiger partial charge in [0.05, 0.1) is 11.8 Å². The maximum Gasteiger partial charge on any atom is 0.0931 e. The second kappa shape index (κ2) is 3.67. The number of aliphatic hydroxyl groups is 1. The first-order valence-corrected chi connectivity index (χ1v) is 5.19. The summed E-state index contributed by atoms with van der Waals surface area (Å²) in [5, 5.41) is 11.5. The molecule has 0 saturated carbocycles. The predicted octanol–water partition coefficient (Wildman–Crippen LogP) is 3.05. The number of hydrogen-bond acceptors (Lipinski definition) is 2. The fourth-order valence-corrected chi connectivity index (χ4v) is 1.74. The third-order valence-electron chi connectivity index (χ3n) is 2.13. The van der Waals surface area contributed by atoms with Crippen molar-refractivity contribution in [1.82, 2.24) is 4.98 Å². The van der Waals surface area contributed by atoms with Crippen LogP contribution in [-0.4, -0.2) is 10.1 Å².